The van der Waals surface area contributed by atoms with Crippen molar-refractivity contribution in [3.05, 3.63) is 0 Å². The Kier molecular flexibility index (Phi) is 7.05. The molecule has 0 aromatic carbocycles. The van der Waals surface area contributed by atoms with Gasteiger partial charge in [-0.2, -0.15) is 0 Å². The summed E-state index contributed by atoms with van der Waals surface area (Å²) in [6, 6.07) is 0. The highest BCUT2D eigenvalue weighted by atomic mass is 127. The maximum absolute atomic E-state index is 11.5. The summed E-state index contributed by atoms with van der Waals surface area (Å²) in [5.41, 5.74) is 0.557. The molecular weight excluding hydrogens is 367 g/mol. The number of rotatable bonds is 4. The number of guanidine groups is 1. The molecule has 1 aliphatic heterocycles. The van der Waals surface area contributed by atoms with Crippen LogP contribution in [0.5, 0.6) is 0 Å². The van der Waals surface area contributed by atoms with Gasteiger partial charge in [0, 0.05) is 26.2 Å². The molecule has 0 unspecified atom stereocenters. The predicted molar refractivity (Wildman–Crippen MR) is 92.6 cm³/mol. The summed E-state index contributed by atoms with van der Waals surface area (Å²) in [4.78, 5) is 18.3. The van der Waals surface area contributed by atoms with Crippen molar-refractivity contribution in [2.75, 3.05) is 32.7 Å². The van der Waals surface area contributed by atoms with E-state index in [0.717, 1.165) is 25.6 Å². The largest absolute Gasteiger partial charge is 0.357 e. The van der Waals surface area contributed by atoms with Crippen LogP contribution in [-0.4, -0.2) is 49.5 Å². The number of likely N-dealkylation sites (tertiary alicyclic amines) is 1. The van der Waals surface area contributed by atoms with Gasteiger partial charge in [0.15, 0.2) is 5.96 Å². The molecule has 5 nitrogen and oxygen atoms in total. The second kappa shape index (κ2) is 8.05. The van der Waals surface area contributed by atoms with E-state index in [4.69, 9.17) is 0 Å². The molecule has 1 heterocycles. The average molecular weight is 394 g/mol. The lowest BCUT2D eigenvalue weighted by atomic mass is 9.68. The zero-order chi connectivity index (χ0) is 13.7. The molecule has 1 aliphatic carbocycles. The summed E-state index contributed by atoms with van der Waals surface area (Å²) in [6.45, 7) is 7.90. The summed E-state index contributed by atoms with van der Waals surface area (Å²) in [6.07, 6.45) is 5.37. The molecular formula is C14H27IN4O. The van der Waals surface area contributed by atoms with Gasteiger partial charge in [-0.05, 0) is 38.5 Å². The molecule has 116 valence electrons. The van der Waals surface area contributed by atoms with E-state index < -0.39 is 0 Å². The third kappa shape index (κ3) is 4.23. The molecule has 0 radical (unpaired) electrons. The lowest BCUT2D eigenvalue weighted by Crippen LogP contribution is -2.43. The fourth-order valence-corrected chi connectivity index (χ4v) is 3.03. The second-order valence-corrected chi connectivity index (χ2v) is 5.65. The molecule has 1 amide bonds. The Morgan fingerprint density at radius 1 is 1.20 bits per heavy atom. The van der Waals surface area contributed by atoms with Crippen LogP contribution in [-0.2, 0) is 4.79 Å². The molecule has 0 atom stereocenters. The number of carbonyl (C=O) groups is 1. The van der Waals surface area contributed by atoms with Crippen molar-refractivity contribution >= 4 is 35.8 Å². The van der Waals surface area contributed by atoms with E-state index in [1.165, 1.54) is 25.7 Å². The van der Waals surface area contributed by atoms with Crippen LogP contribution in [0.4, 0.5) is 0 Å². The van der Waals surface area contributed by atoms with Crippen molar-refractivity contribution in [3.8, 4) is 0 Å². The van der Waals surface area contributed by atoms with Crippen LogP contribution in [0, 0.1) is 5.41 Å². The van der Waals surface area contributed by atoms with Gasteiger partial charge in [0.1, 0.15) is 6.54 Å². The first-order valence-corrected chi connectivity index (χ1v) is 7.49. The first kappa shape index (κ1) is 17.5. The van der Waals surface area contributed by atoms with Crippen molar-refractivity contribution < 1.29 is 4.79 Å². The highest BCUT2D eigenvalue weighted by molar-refractivity contribution is 14.0. The number of nitrogens with one attached hydrogen (secondary N) is 2. The lowest BCUT2D eigenvalue weighted by Gasteiger charge is -2.38. The van der Waals surface area contributed by atoms with E-state index in [2.05, 4.69) is 27.4 Å². The summed E-state index contributed by atoms with van der Waals surface area (Å²) in [5.74, 6) is 0.896. The maximum atomic E-state index is 11.5. The van der Waals surface area contributed by atoms with Gasteiger partial charge >= 0.3 is 0 Å². The highest BCUT2D eigenvalue weighted by Crippen LogP contribution is 2.47. The molecule has 1 spiro atoms. The van der Waals surface area contributed by atoms with E-state index >= 15 is 0 Å². The fraction of sp³-hybridized carbons (Fsp3) is 0.857. The van der Waals surface area contributed by atoms with E-state index in [9.17, 15) is 4.79 Å². The van der Waals surface area contributed by atoms with Gasteiger partial charge in [0.2, 0.25) is 5.91 Å². The topological polar surface area (TPSA) is 56.7 Å². The number of amides is 1. The quantitative estimate of drug-likeness (QED) is 0.433. The number of hydrogen-bond acceptors (Lipinski definition) is 2. The molecule has 0 aromatic rings. The summed E-state index contributed by atoms with van der Waals surface area (Å²) in [7, 11) is 0. The number of carbonyl (C=O) groups excluding carboxylic acids is 1. The molecule has 20 heavy (non-hydrogen) atoms. The Morgan fingerprint density at radius 2 is 1.90 bits per heavy atom. The zero-order valence-corrected chi connectivity index (χ0v) is 14.9. The summed E-state index contributed by atoms with van der Waals surface area (Å²) >= 11 is 0. The van der Waals surface area contributed by atoms with E-state index in [1.807, 2.05) is 6.92 Å². The van der Waals surface area contributed by atoms with Gasteiger partial charge in [-0.15, -0.1) is 24.0 Å². The Bertz CT molecular complexity index is 355. The van der Waals surface area contributed by atoms with Gasteiger partial charge in [-0.25, -0.2) is 4.99 Å². The highest BCUT2D eigenvalue weighted by Gasteiger charge is 2.43. The molecule has 2 N–H and O–H groups in total. The summed E-state index contributed by atoms with van der Waals surface area (Å²) < 4.78 is 0. The van der Waals surface area contributed by atoms with Crippen molar-refractivity contribution in [1.29, 1.82) is 0 Å². The molecule has 0 aromatic heterocycles. The predicted octanol–water partition coefficient (Wildman–Crippen LogP) is 1.58. The normalized spacial score (nSPS) is 20.3. The van der Waals surface area contributed by atoms with Gasteiger partial charge < -0.3 is 15.5 Å². The van der Waals surface area contributed by atoms with Crippen molar-refractivity contribution in [3.63, 3.8) is 0 Å². The molecule has 2 rings (SSSR count). The van der Waals surface area contributed by atoms with Crippen molar-refractivity contribution in [2.24, 2.45) is 10.4 Å². The van der Waals surface area contributed by atoms with Gasteiger partial charge in [-0.1, -0.05) is 6.42 Å². The maximum Gasteiger partial charge on any atom is 0.241 e. The second-order valence-electron chi connectivity index (χ2n) is 5.65. The van der Waals surface area contributed by atoms with Gasteiger partial charge in [0.05, 0.1) is 0 Å². The fourth-order valence-electron chi connectivity index (χ4n) is 3.03. The Morgan fingerprint density at radius 3 is 2.40 bits per heavy atom. The van der Waals surface area contributed by atoms with Crippen LogP contribution < -0.4 is 10.6 Å². The van der Waals surface area contributed by atoms with Crippen LogP contribution in [0.25, 0.3) is 0 Å². The van der Waals surface area contributed by atoms with Crippen LogP contribution >= 0.6 is 24.0 Å². The smallest absolute Gasteiger partial charge is 0.241 e. The molecule has 1 saturated heterocycles. The third-order valence-electron chi connectivity index (χ3n) is 4.23. The van der Waals surface area contributed by atoms with E-state index in [-0.39, 0.29) is 36.4 Å². The van der Waals surface area contributed by atoms with Crippen LogP contribution in [0.15, 0.2) is 4.99 Å². The minimum absolute atomic E-state index is 0. The van der Waals surface area contributed by atoms with Gasteiger partial charge in [-0.3, -0.25) is 4.79 Å². The SMILES string of the molecule is CCNC(=O)CN=C(NCC)N1CCC2(CCC2)C1.I. The van der Waals surface area contributed by atoms with E-state index in [1.54, 1.807) is 0 Å². The number of halogens is 1. The lowest BCUT2D eigenvalue weighted by molar-refractivity contribution is -0.119. The zero-order valence-electron chi connectivity index (χ0n) is 12.6. The minimum Gasteiger partial charge on any atom is -0.357 e. The van der Waals surface area contributed by atoms with Crippen LogP contribution in [0.3, 0.4) is 0 Å². The Labute approximate surface area is 139 Å². The molecule has 2 fully saturated rings. The summed E-state index contributed by atoms with van der Waals surface area (Å²) in [5, 5.41) is 6.08. The standard InChI is InChI=1S/C14H26N4O.HI/c1-3-15-12(19)10-17-13(16-4-2)18-9-8-14(11-18)6-5-7-14;/h3-11H2,1-2H3,(H,15,19)(H,16,17);1H. The number of aliphatic imine (C=N–C) groups is 1. The number of nitrogens with zero attached hydrogens (tertiary/aromatic N) is 2. The third-order valence-corrected chi connectivity index (χ3v) is 4.23. The molecule has 1 saturated carbocycles. The molecule has 2 aliphatic rings. The van der Waals surface area contributed by atoms with Crippen LogP contribution in [0.2, 0.25) is 0 Å². The first-order valence-electron chi connectivity index (χ1n) is 7.49. The van der Waals surface area contributed by atoms with Crippen LogP contribution in [0.1, 0.15) is 39.5 Å². The average Bonchev–Trinajstić information content (AvgIpc) is 2.80. The van der Waals surface area contributed by atoms with Crippen molar-refractivity contribution in [2.45, 2.75) is 39.5 Å². The monoisotopic (exact) mass is 394 g/mol. The number of hydrogen-bond donors (Lipinski definition) is 2. The Hall–Kier alpha value is -0.530. The van der Waals surface area contributed by atoms with E-state index in [0.29, 0.717) is 12.0 Å². The van der Waals surface area contributed by atoms with Crippen molar-refractivity contribution in [1.82, 2.24) is 15.5 Å². The first-order chi connectivity index (χ1) is 9.19. The van der Waals surface area contributed by atoms with Gasteiger partial charge in [0.25, 0.3) is 0 Å². The number of likely N-dealkylation sites (N-methyl/N-ethyl adjacent to an activating group) is 1. The molecule has 0 bridgehead atoms. The Balaban J connectivity index is 0.00000200. The minimum atomic E-state index is -0.00421. The molecule has 6 heteroatoms.